The first-order valence-corrected chi connectivity index (χ1v) is 11.6. The van der Waals surface area contributed by atoms with E-state index in [1.807, 2.05) is 45.9 Å². The van der Waals surface area contributed by atoms with Gasteiger partial charge in [-0.05, 0) is 40.5 Å². The van der Waals surface area contributed by atoms with E-state index in [1.165, 1.54) is 6.33 Å². The highest BCUT2D eigenvalue weighted by Crippen LogP contribution is 2.23. The van der Waals surface area contributed by atoms with Crippen LogP contribution in [0, 0.1) is 6.92 Å². The number of likely N-dealkylation sites (tertiary alicyclic amines) is 1. The van der Waals surface area contributed by atoms with E-state index >= 15 is 0 Å². The van der Waals surface area contributed by atoms with Crippen LogP contribution in [0.1, 0.15) is 55.7 Å². The smallest absolute Gasteiger partial charge is 0.278 e. The number of carbonyl (C=O) groups excluding carboxylic acids is 1. The summed E-state index contributed by atoms with van der Waals surface area (Å²) >= 11 is 0. The van der Waals surface area contributed by atoms with Crippen molar-refractivity contribution in [1.29, 1.82) is 0 Å². The topological polar surface area (TPSA) is 120 Å². The highest BCUT2D eigenvalue weighted by atomic mass is 16.2. The molecule has 1 amide bonds. The summed E-state index contributed by atoms with van der Waals surface area (Å²) in [6.07, 6.45) is 8.92. The lowest BCUT2D eigenvalue weighted by Crippen LogP contribution is -2.27. The summed E-state index contributed by atoms with van der Waals surface area (Å²) in [5, 5.41) is 8.48. The van der Waals surface area contributed by atoms with Crippen LogP contribution in [0.5, 0.6) is 0 Å². The number of H-pyrrole nitrogens is 1. The van der Waals surface area contributed by atoms with Crippen molar-refractivity contribution in [2.24, 2.45) is 7.05 Å². The van der Waals surface area contributed by atoms with Gasteiger partial charge in [-0.1, -0.05) is 0 Å². The Balaban J connectivity index is 0.000000166. The largest absolute Gasteiger partial charge is 0.339 e. The van der Waals surface area contributed by atoms with Gasteiger partial charge in [0, 0.05) is 44.6 Å². The Kier molecular flexibility index (Phi) is 6.62. The standard InChI is InChI=1S/C12H14N6O.C11H17N3O/c1-4-18-7(2)8(5-15-18)10-16-9-11(17(10)3)13-6-14-12(9)19;1-9(2)14-8-10(7-12-14)11(15)13-5-3-4-6-13/h5-6H,4H2,1-3H3,(H,13,14,19);7-9H,3-6H2,1-2H3. The SMILES string of the molecule is CC(C)n1cc(C(=O)N2CCCC2)cn1.CCn1ncc(-c2nc3c(=O)[nH]cnc3n2C)c1C. The zero-order valence-electron chi connectivity index (χ0n) is 20.3. The molecule has 0 aliphatic carbocycles. The molecule has 1 N–H and O–H groups in total. The van der Waals surface area contributed by atoms with Gasteiger partial charge < -0.3 is 14.5 Å². The summed E-state index contributed by atoms with van der Waals surface area (Å²) in [5.41, 5.74) is 3.35. The zero-order valence-corrected chi connectivity index (χ0v) is 20.3. The third-order valence-corrected chi connectivity index (χ3v) is 6.08. The molecule has 4 aromatic heterocycles. The molecular formula is C23H31N9O2. The van der Waals surface area contributed by atoms with Crippen molar-refractivity contribution >= 4 is 17.1 Å². The number of amides is 1. The highest BCUT2D eigenvalue weighted by molar-refractivity contribution is 5.93. The number of fused-ring (bicyclic) bond motifs is 1. The second-order valence-electron chi connectivity index (χ2n) is 8.66. The fourth-order valence-corrected chi connectivity index (χ4v) is 4.07. The molecule has 0 bridgehead atoms. The molecular weight excluding hydrogens is 434 g/mol. The number of nitrogens with zero attached hydrogens (tertiary/aromatic N) is 8. The monoisotopic (exact) mass is 465 g/mol. The molecule has 11 nitrogen and oxygen atoms in total. The molecule has 1 aliphatic rings. The molecule has 1 saturated heterocycles. The van der Waals surface area contributed by atoms with Crippen LogP contribution < -0.4 is 5.56 Å². The van der Waals surface area contributed by atoms with Crippen LogP contribution >= 0.6 is 0 Å². The van der Waals surface area contributed by atoms with Gasteiger partial charge in [0.15, 0.2) is 11.2 Å². The molecule has 0 aromatic carbocycles. The molecule has 5 heterocycles. The van der Waals surface area contributed by atoms with Crippen LogP contribution in [0.15, 0.2) is 29.7 Å². The number of hydrogen-bond acceptors (Lipinski definition) is 6. The maximum Gasteiger partial charge on any atom is 0.278 e. The molecule has 1 aliphatic heterocycles. The lowest BCUT2D eigenvalue weighted by Gasteiger charge is -2.13. The fourth-order valence-electron chi connectivity index (χ4n) is 4.07. The van der Waals surface area contributed by atoms with Gasteiger partial charge in [0.05, 0.1) is 29.8 Å². The van der Waals surface area contributed by atoms with Crippen LogP contribution in [0.25, 0.3) is 22.6 Å². The van der Waals surface area contributed by atoms with E-state index in [-0.39, 0.29) is 11.5 Å². The lowest BCUT2D eigenvalue weighted by atomic mass is 10.2. The maximum atomic E-state index is 12.0. The number of aromatic amines is 1. The van der Waals surface area contributed by atoms with E-state index in [0.717, 1.165) is 43.7 Å². The average Bonchev–Trinajstić information content (AvgIpc) is 3.62. The molecule has 1 fully saturated rings. The Hall–Kier alpha value is -3.76. The van der Waals surface area contributed by atoms with E-state index in [0.29, 0.717) is 28.6 Å². The van der Waals surface area contributed by atoms with Gasteiger partial charge in [0.25, 0.3) is 11.5 Å². The van der Waals surface area contributed by atoms with E-state index in [4.69, 9.17) is 0 Å². The Bertz CT molecular complexity index is 1350. The molecule has 4 aromatic rings. The van der Waals surface area contributed by atoms with Crippen LogP contribution in [0.2, 0.25) is 0 Å². The number of carbonyl (C=O) groups is 1. The molecule has 0 saturated carbocycles. The van der Waals surface area contributed by atoms with E-state index in [1.54, 1.807) is 12.4 Å². The Morgan fingerprint density at radius 3 is 2.50 bits per heavy atom. The lowest BCUT2D eigenvalue weighted by molar-refractivity contribution is 0.0792. The van der Waals surface area contributed by atoms with Gasteiger partial charge in [-0.15, -0.1) is 0 Å². The number of rotatable bonds is 4. The molecule has 11 heteroatoms. The summed E-state index contributed by atoms with van der Waals surface area (Å²) < 4.78 is 5.53. The van der Waals surface area contributed by atoms with Gasteiger partial charge >= 0.3 is 0 Å². The van der Waals surface area contributed by atoms with E-state index < -0.39 is 0 Å². The molecule has 0 radical (unpaired) electrons. The molecule has 0 unspecified atom stereocenters. The first-order chi connectivity index (χ1) is 16.3. The number of aromatic nitrogens is 8. The second-order valence-corrected chi connectivity index (χ2v) is 8.66. The first-order valence-electron chi connectivity index (χ1n) is 11.6. The Morgan fingerprint density at radius 1 is 1.18 bits per heavy atom. The van der Waals surface area contributed by atoms with Crippen molar-refractivity contribution < 1.29 is 4.79 Å². The summed E-state index contributed by atoms with van der Waals surface area (Å²) in [7, 11) is 1.85. The van der Waals surface area contributed by atoms with Gasteiger partial charge in [0.1, 0.15) is 5.82 Å². The summed E-state index contributed by atoms with van der Waals surface area (Å²) in [6, 6.07) is 0.310. The number of aryl methyl sites for hydroxylation is 2. The van der Waals surface area contributed by atoms with Crippen LogP contribution in [0.3, 0.4) is 0 Å². The molecule has 0 atom stereocenters. The minimum Gasteiger partial charge on any atom is -0.339 e. The van der Waals surface area contributed by atoms with Gasteiger partial charge in [-0.25, -0.2) is 9.97 Å². The van der Waals surface area contributed by atoms with Crippen LogP contribution in [-0.2, 0) is 13.6 Å². The molecule has 0 spiro atoms. The maximum absolute atomic E-state index is 12.0. The van der Waals surface area contributed by atoms with Crippen LogP contribution in [0.4, 0.5) is 0 Å². The molecule has 5 rings (SSSR count). The zero-order chi connectivity index (χ0) is 24.4. The van der Waals surface area contributed by atoms with Crippen LogP contribution in [-0.4, -0.2) is 63.0 Å². The number of imidazole rings is 1. The Morgan fingerprint density at radius 2 is 1.91 bits per heavy atom. The predicted molar refractivity (Wildman–Crippen MR) is 129 cm³/mol. The summed E-state index contributed by atoms with van der Waals surface area (Å²) in [6.45, 7) is 10.7. The number of hydrogen-bond donors (Lipinski definition) is 1. The minimum absolute atomic E-state index is 0.124. The van der Waals surface area contributed by atoms with Crippen molar-refractivity contribution in [3.8, 4) is 11.4 Å². The highest BCUT2D eigenvalue weighted by Gasteiger charge is 2.21. The predicted octanol–water partition coefficient (Wildman–Crippen LogP) is 2.55. The first kappa shape index (κ1) is 23.4. The summed E-state index contributed by atoms with van der Waals surface area (Å²) in [4.78, 5) is 36.7. The van der Waals surface area contributed by atoms with Crippen molar-refractivity contribution in [3.63, 3.8) is 0 Å². The van der Waals surface area contributed by atoms with Gasteiger partial charge in [0.2, 0.25) is 0 Å². The quantitative estimate of drug-likeness (QED) is 0.495. The van der Waals surface area contributed by atoms with E-state index in [9.17, 15) is 9.59 Å². The fraction of sp³-hybridized carbons (Fsp3) is 0.478. The molecule has 180 valence electrons. The molecule has 34 heavy (non-hydrogen) atoms. The third kappa shape index (κ3) is 4.37. The summed E-state index contributed by atoms with van der Waals surface area (Å²) in [5.74, 6) is 0.829. The van der Waals surface area contributed by atoms with Gasteiger partial charge in [-0.2, -0.15) is 10.2 Å². The van der Waals surface area contributed by atoms with Crippen molar-refractivity contribution in [2.75, 3.05) is 13.1 Å². The van der Waals surface area contributed by atoms with Crippen molar-refractivity contribution in [3.05, 3.63) is 46.5 Å². The van der Waals surface area contributed by atoms with Crippen molar-refractivity contribution in [2.45, 2.75) is 53.1 Å². The Labute approximate surface area is 197 Å². The normalized spacial score (nSPS) is 13.5. The van der Waals surface area contributed by atoms with Gasteiger partial charge in [-0.3, -0.25) is 19.0 Å². The van der Waals surface area contributed by atoms with Crippen molar-refractivity contribution in [1.82, 2.24) is 44.0 Å². The minimum atomic E-state index is -0.229. The average molecular weight is 466 g/mol. The second kappa shape index (κ2) is 9.62. The number of nitrogens with one attached hydrogen (secondary N) is 1. The van der Waals surface area contributed by atoms with E-state index in [2.05, 4.69) is 39.0 Å². The third-order valence-electron chi connectivity index (χ3n) is 6.08.